The highest BCUT2D eigenvalue weighted by molar-refractivity contribution is 9.10. The molecule has 8 heteroatoms. The normalized spacial score (nSPS) is 12.2. The Labute approximate surface area is 104 Å². The summed E-state index contributed by atoms with van der Waals surface area (Å²) >= 11 is 5.38. The Morgan fingerprint density at radius 2 is 1.88 bits per heavy atom. The zero-order valence-corrected chi connectivity index (χ0v) is 10.6. The fraction of sp³-hybridized carbons (Fsp3) is 0.375. The summed E-state index contributed by atoms with van der Waals surface area (Å²) in [4.78, 5) is 3.25. The molecule has 0 N–H and O–H groups in total. The molecule has 0 unspecified atom stereocenters. The molecule has 0 aliphatic rings. The lowest BCUT2D eigenvalue weighted by Gasteiger charge is -2.13. The number of nitrogens with zero attached hydrogens (tertiary/aromatic N) is 1. The second-order valence-electron chi connectivity index (χ2n) is 2.80. The predicted molar refractivity (Wildman–Crippen MR) is 54.5 cm³/mol. The first-order chi connectivity index (χ1) is 7.27. The Hall–Kier alpha value is -0.240. The molecule has 16 heavy (non-hydrogen) atoms. The van der Waals surface area contributed by atoms with Gasteiger partial charge in [0.25, 0.3) is 6.43 Å². The van der Waals surface area contributed by atoms with Crippen LogP contribution in [0.4, 0.5) is 22.0 Å². The van der Waals surface area contributed by atoms with Gasteiger partial charge in [-0.2, -0.15) is 13.2 Å². The molecule has 0 saturated heterocycles. The zero-order chi connectivity index (χ0) is 12.5. The van der Waals surface area contributed by atoms with E-state index in [0.717, 1.165) is 6.07 Å². The van der Waals surface area contributed by atoms with Gasteiger partial charge in [-0.05, 0) is 22.0 Å². The lowest BCUT2D eigenvalue weighted by atomic mass is 10.2. The standard InChI is InChI=1S/C8H4Br2F5N/c9-2-3-1-4(7(11)12)5(10)6(16-3)8(13,14)15/h1,7H,2H2. The Balaban J connectivity index is 3.44. The van der Waals surface area contributed by atoms with Gasteiger partial charge in [0.05, 0.1) is 10.2 Å². The summed E-state index contributed by atoms with van der Waals surface area (Å²) in [6, 6.07) is 0.929. The van der Waals surface area contributed by atoms with Crippen molar-refractivity contribution in [2.75, 3.05) is 0 Å². The Kier molecular flexibility index (Phi) is 4.28. The molecule has 90 valence electrons. The lowest BCUT2D eigenvalue weighted by molar-refractivity contribution is -0.142. The van der Waals surface area contributed by atoms with Crippen LogP contribution in [0.15, 0.2) is 10.5 Å². The van der Waals surface area contributed by atoms with Crippen molar-refractivity contribution >= 4 is 31.9 Å². The van der Waals surface area contributed by atoms with Gasteiger partial charge in [-0.3, -0.25) is 0 Å². The van der Waals surface area contributed by atoms with Crippen LogP contribution in [0.2, 0.25) is 0 Å². The first-order valence-electron chi connectivity index (χ1n) is 3.88. The third kappa shape index (κ3) is 2.91. The number of halogens is 7. The molecule has 0 fully saturated rings. The number of aromatic nitrogens is 1. The van der Waals surface area contributed by atoms with E-state index in [2.05, 4.69) is 36.8 Å². The number of alkyl halides is 6. The van der Waals surface area contributed by atoms with E-state index < -0.39 is 28.3 Å². The minimum absolute atomic E-state index is 0.0247. The molecule has 1 nitrogen and oxygen atoms in total. The molecular formula is C8H4Br2F5N. The van der Waals surface area contributed by atoms with E-state index in [-0.39, 0.29) is 11.0 Å². The largest absolute Gasteiger partial charge is 0.434 e. The van der Waals surface area contributed by atoms with Crippen LogP contribution in [0, 0.1) is 0 Å². The predicted octanol–water partition coefficient (Wildman–Crippen LogP) is 4.70. The van der Waals surface area contributed by atoms with E-state index in [1.165, 1.54) is 0 Å². The molecule has 0 aromatic carbocycles. The second kappa shape index (κ2) is 4.95. The summed E-state index contributed by atoms with van der Waals surface area (Å²) in [7, 11) is 0. The summed E-state index contributed by atoms with van der Waals surface area (Å²) < 4.78 is 61.6. The van der Waals surface area contributed by atoms with E-state index in [1.54, 1.807) is 0 Å². The van der Waals surface area contributed by atoms with Gasteiger partial charge >= 0.3 is 6.18 Å². The van der Waals surface area contributed by atoms with E-state index >= 15 is 0 Å². The molecule has 0 aliphatic heterocycles. The van der Waals surface area contributed by atoms with Crippen molar-refractivity contribution in [3.8, 4) is 0 Å². The zero-order valence-electron chi connectivity index (χ0n) is 7.45. The van der Waals surface area contributed by atoms with Crippen molar-refractivity contribution in [3.63, 3.8) is 0 Å². The summed E-state index contributed by atoms with van der Waals surface area (Å²) in [6.07, 6.45) is -7.75. The highest BCUT2D eigenvalue weighted by Gasteiger charge is 2.37. The number of hydrogen-bond donors (Lipinski definition) is 0. The number of rotatable bonds is 2. The maximum atomic E-state index is 12.5. The average molecular weight is 369 g/mol. The van der Waals surface area contributed by atoms with E-state index in [1.807, 2.05) is 0 Å². The summed E-state index contributed by atoms with van der Waals surface area (Å²) in [5, 5.41) is -0.0247. The SMILES string of the molecule is FC(F)c1cc(CBr)nc(C(F)(F)F)c1Br. The molecule has 0 atom stereocenters. The van der Waals surface area contributed by atoms with Gasteiger partial charge in [0, 0.05) is 10.9 Å². The monoisotopic (exact) mass is 367 g/mol. The minimum Gasteiger partial charge on any atom is -0.246 e. The highest BCUT2D eigenvalue weighted by atomic mass is 79.9. The van der Waals surface area contributed by atoms with Crippen molar-refractivity contribution in [2.24, 2.45) is 0 Å². The second-order valence-corrected chi connectivity index (χ2v) is 4.15. The van der Waals surface area contributed by atoms with Crippen LogP contribution < -0.4 is 0 Å². The molecule has 0 bridgehead atoms. The van der Waals surface area contributed by atoms with Gasteiger partial charge in [0.2, 0.25) is 0 Å². The minimum atomic E-state index is -4.76. The fourth-order valence-electron chi connectivity index (χ4n) is 1.02. The first-order valence-corrected chi connectivity index (χ1v) is 5.79. The van der Waals surface area contributed by atoms with Gasteiger partial charge in [-0.1, -0.05) is 15.9 Å². The summed E-state index contributed by atoms with van der Waals surface area (Å²) in [5.74, 6) is 0. The Bertz CT molecular complexity index is 391. The van der Waals surface area contributed by atoms with Crippen LogP contribution in [0.1, 0.15) is 23.4 Å². The smallest absolute Gasteiger partial charge is 0.246 e. The third-order valence-corrected chi connectivity index (χ3v) is 3.09. The number of pyridine rings is 1. The van der Waals surface area contributed by atoms with Gasteiger partial charge in [-0.15, -0.1) is 0 Å². The van der Waals surface area contributed by atoms with Crippen LogP contribution in [0.25, 0.3) is 0 Å². The average Bonchev–Trinajstić information content (AvgIpc) is 2.15. The van der Waals surface area contributed by atoms with Gasteiger partial charge < -0.3 is 0 Å². The Morgan fingerprint density at radius 3 is 2.25 bits per heavy atom. The summed E-state index contributed by atoms with van der Waals surface area (Å²) in [6.45, 7) is 0. The third-order valence-electron chi connectivity index (χ3n) is 1.68. The molecule has 0 amide bonds. The van der Waals surface area contributed by atoms with E-state index in [9.17, 15) is 22.0 Å². The molecule has 0 saturated carbocycles. The Morgan fingerprint density at radius 1 is 1.31 bits per heavy atom. The van der Waals surface area contributed by atoms with Crippen LogP contribution >= 0.6 is 31.9 Å². The lowest BCUT2D eigenvalue weighted by Crippen LogP contribution is -2.12. The quantitative estimate of drug-likeness (QED) is 0.545. The topological polar surface area (TPSA) is 12.9 Å². The molecule has 0 spiro atoms. The first kappa shape index (κ1) is 13.8. The van der Waals surface area contributed by atoms with Crippen molar-refractivity contribution in [2.45, 2.75) is 17.9 Å². The van der Waals surface area contributed by atoms with Crippen LogP contribution in [0.5, 0.6) is 0 Å². The molecule has 1 aromatic rings. The van der Waals surface area contributed by atoms with E-state index in [4.69, 9.17) is 0 Å². The summed E-state index contributed by atoms with van der Waals surface area (Å²) in [5.41, 5.74) is -2.14. The molecule has 1 aromatic heterocycles. The van der Waals surface area contributed by atoms with Gasteiger partial charge in [0.15, 0.2) is 5.69 Å². The van der Waals surface area contributed by atoms with Crippen LogP contribution in [-0.2, 0) is 11.5 Å². The molecule has 0 aliphatic carbocycles. The molecule has 1 heterocycles. The van der Waals surface area contributed by atoms with Crippen LogP contribution in [0.3, 0.4) is 0 Å². The molecule has 0 radical (unpaired) electrons. The maximum absolute atomic E-state index is 12.5. The van der Waals surface area contributed by atoms with Crippen molar-refractivity contribution < 1.29 is 22.0 Å². The van der Waals surface area contributed by atoms with Gasteiger partial charge in [-0.25, -0.2) is 13.8 Å². The van der Waals surface area contributed by atoms with Crippen LogP contribution in [-0.4, -0.2) is 4.98 Å². The molecule has 1 rings (SSSR count). The fourth-order valence-corrected chi connectivity index (χ4v) is 1.91. The van der Waals surface area contributed by atoms with Crippen molar-refractivity contribution in [1.82, 2.24) is 4.98 Å². The highest BCUT2D eigenvalue weighted by Crippen LogP contribution is 2.38. The maximum Gasteiger partial charge on any atom is 0.434 e. The molecular weight excluding hydrogens is 365 g/mol. The number of hydrogen-bond acceptors (Lipinski definition) is 1. The van der Waals surface area contributed by atoms with E-state index in [0.29, 0.717) is 0 Å². The van der Waals surface area contributed by atoms with Crippen molar-refractivity contribution in [3.05, 3.63) is 27.5 Å². The van der Waals surface area contributed by atoms with Gasteiger partial charge in [0.1, 0.15) is 0 Å². The van der Waals surface area contributed by atoms with Crippen molar-refractivity contribution in [1.29, 1.82) is 0 Å².